The fraction of sp³-hybridized carbons (Fsp3) is 0.161. The molecule has 0 aliphatic rings. The molecule has 0 fully saturated rings. The highest BCUT2D eigenvalue weighted by molar-refractivity contribution is 6.31. The van der Waals surface area contributed by atoms with Gasteiger partial charge in [0, 0.05) is 16.3 Å². The lowest BCUT2D eigenvalue weighted by Crippen LogP contribution is -2.13. The number of carbonyl (C=O) groups is 1. The van der Waals surface area contributed by atoms with Crippen LogP contribution in [-0.4, -0.2) is 12.5 Å². The maximum atomic E-state index is 12.7. The molecule has 0 saturated carbocycles. The Balaban J connectivity index is 1.56. The fourth-order valence-corrected chi connectivity index (χ4v) is 4.15. The van der Waals surface area contributed by atoms with Crippen LogP contribution in [0, 0.1) is 25.2 Å². The van der Waals surface area contributed by atoms with Gasteiger partial charge in [0.1, 0.15) is 18.2 Å². The molecule has 0 spiro atoms. The number of benzene rings is 4. The Bertz CT molecular complexity index is 1540. The van der Waals surface area contributed by atoms with E-state index in [2.05, 4.69) is 36.5 Å². The summed E-state index contributed by atoms with van der Waals surface area (Å²) >= 11 is 6.15. The number of fused-ring (bicyclic) bond motifs is 1. The lowest BCUT2D eigenvalue weighted by Gasteiger charge is -2.15. The number of halogens is 1. The normalized spacial score (nSPS) is 11.2. The first-order valence-corrected chi connectivity index (χ1v) is 12.3. The molecule has 1 amide bonds. The zero-order chi connectivity index (χ0) is 26.4. The first kappa shape index (κ1) is 25.8. The van der Waals surface area contributed by atoms with E-state index in [1.54, 1.807) is 36.4 Å². The molecule has 0 heterocycles. The molecule has 6 heteroatoms. The number of rotatable bonds is 8. The number of ether oxygens (including phenoxy) is 2. The van der Waals surface area contributed by atoms with Crippen molar-refractivity contribution in [1.29, 1.82) is 5.26 Å². The Morgan fingerprint density at radius 1 is 0.973 bits per heavy atom. The minimum Gasteiger partial charge on any atom is -0.490 e. The maximum absolute atomic E-state index is 12.7. The first-order chi connectivity index (χ1) is 17.9. The molecule has 0 aliphatic heterocycles. The number of nitriles is 1. The van der Waals surface area contributed by atoms with Crippen molar-refractivity contribution < 1.29 is 14.3 Å². The molecule has 186 valence electrons. The molecular weight excluding hydrogens is 484 g/mol. The average Bonchev–Trinajstić information content (AvgIpc) is 2.89. The summed E-state index contributed by atoms with van der Waals surface area (Å²) in [5.41, 5.74) is 4.28. The second kappa shape index (κ2) is 11.6. The van der Waals surface area contributed by atoms with Gasteiger partial charge in [0.25, 0.3) is 5.91 Å². The Morgan fingerprint density at radius 3 is 2.51 bits per heavy atom. The highest BCUT2D eigenvalue weighted by Gasteiger charge is 2.13. The van der Waals surface area contributed by atoms with E-state index in [1.165, 1.54) is 6.08 Å². The van der Waals surface area contributed by atoms with Crippen molar-refractivity contribution in [2.24, 2.45) is 0 Å². The SMILES string of the molecule is CCOc1cc(/C=C(\C#N)C(=O)Nc2ccc(C)c(Cl)c2)ccc1OCc1c(C)ccc2ccccc12. The van der Waals surface area contributed by atoms with Gasteiger partial charge in [0.2, 0.25) is 0 Å². The van der Waals surface area contributed by atoms with Gasteiger partial charge in [-0.3, -0.25) is 4.79 Å². The van der Waals surface area contributed by atoms with Gasteiger partial charge in [-0.15, -0.1) is 0 Å². The van der Waals surface area contributed by atoms with Crippen LogP contribution >= 0.6 is 11.6 Å². The summed E-state index contributed by atoms with van der Waals surface area (Å²) in [6, 6.07) is 25.0. The third-order valence-electron chi connectivity index (χ3n) is 6.02. The molecule has 1 N–H and O–H groups in total. The molecule has 37 heavy (non-hydrogen) atoms. The summed E-state index contributed by atoms with van der Waals surface area (Å²) in [5.74, 6) is 0.605. The van der Waals surface area contributed by atoms with Crippen molar-refractivity contribution in [2.45, 2.75) is 27.4 Å². The van der Waals surface area contributed by atoms with Crippen LogP contribution < -0.4 is 14.8 Å². The molecule has 4 aromatic rings. The van der Waals surface area contributed by atoms with Crippen molar-refractivity contribution in [2.75, 3.05) is 11.9 Å². The number of nitrogens with zero attached hydrogens (tertiary/aromatic N) is 1. The van der Waals surface area contributed by atoms with Crippen molar-refractivity contribution in [3.05, 3.63) is 106 Å². The Labute approximate surface area is 221 Å². The predicted octanol–water partition coefficient (Wildman–Crippen LogP) is 7.63. The van der Waals surface area contributed by atoms with E-state index < -0.39 is 5.91 Å². The minimum atomic E-state index is -0.521. The molecule has 0 bridgehead atoms. The van der Waals surface area contributed by atoms with E-state index >= 15 is 0 Å². The third-order valence-corrected chi connectivity index (χ3v) is 6.43. The van der Waals surface area contributed by atoms with E-state index in [9.17, 15) is 10.1 Å². The average molecular weight is 511 g/mol. The number of carbonyl (C=O) groups excluding carboxylic acids is 1. The van der Waals surface area contributed by atoms with Gasteiger partial charge in [0.05, 0.1) is 6.61 Å². The molecule has 0 aromatic heterocycles. The summed E-state index contributed by atoms with van der Waals surface area (Å²) in [6.45, 7) is 6.66. The van der Waals surface area contributed by atoms with Crippen LogP contribution in [0.3, 0.4) is 0 Å². The van der Waals surface area contributed by atoms with E-state index in [4.69, 9.17) is 21.1 Å². The van der Waals surface area contributed by atoms with E-state index in [-0.39, 0.29) is 5.57 Å². The second-order valence-electron chi connectivity index (χ2n) is 8.60. The van der Waals surface area contributed by atoms with E-state index in [1.807, 2.05) is 32.0 Å². The third kappa shape index (κ3) is 6.11. The smallest absolute Gasteiger partial charge is 0.266 e. The maximum Gasteiger partial charge on any atom is 0.266 e. The molecule has 0 unspecified atom stereocenters. The van der Waals surface area contributed by atoms with Crippen LogP contribution in [0.4, 0.5) is 5.69 Å². The van der Waals surface area contributed by atoms with Gasteiger partial charge in [-0.25, -0.2) is 0 Å². The molecule has 0 atom stereocenters. The number of hydrogen-bond acceptors (Lipinski definition) is 4. The monoisotopic (exact) mass is 510 g/mol. The summed E-state index contributed by atoms with van der Waals surface area (Å²) in [7, 11) is 0. The quantitative estimate of drug-likeness (QED) is 0.195. The molecule has 5 nitrogen and oxygen atoms in total. The topological polar surface area (TPSA) is 71.3 Å². The van der Waals surface area contributed by atoms with Gasteiger partial charge in [-0.1, -0.05) is 60.1 Å². The van der Waals surface area contributed by atoms with Crippen LogP contribution in [0.25, 0.3) is 16.8 Å². The largest absolute Gasteiger partial charge is 0.490 e. The molecule has 0 aliphatic carbocycles. The van der Waals surface area contributed by atoms with Crippen molar-refractivity contribution >= 4 is 40.0 Å². The Morgan fingerprint density at radius 2 is 1.76 bits per heavy atom. The van der Waals surface area contributed by atoms with Gasteiger partial charge in [-0.2, -0.15) is 5.26 Å². The lowest BCUT2D eigenvalue weighted by molar-refractivity contribution is -0.112. The van der Waals surface area contributed by atoms with E-state index in [0.29, 0.717) is 41.0 Å². The Hall–Kier alpha value is -4.27. The standard InChI is InChI=1S/C31H27ClN2O3/c1-4-36-30-16-22(15-24(18-33)31(35)34-25-13-10-21(3)28(32)17-25)11-14-29(30)37-19-27-20(2)9-12-23-7-5-6-8-26(23)27/h5-17H,4,19H2,1-3H3,(H,34,35)/b24-15+. The molecule has 0 saturated heterocycles. The number of nitrogens with one attached hydrogen (secondary N) is 1. The number of anilines is 1. The number of aryl methyl sites for hydroxylation is 2. The summed E-state index contributed by atoms with van der Waals surface area (Å²) < 4.78 is 12.0. The lowest BCUT2D eigenvalue weighted by atomic mass is 10.0. The van der Waals surface area contributed by atoms with Crippen LogP contribution in [0.5, 0.6) is 11.5 Å². The number of hydrogen-bond donors (Lipinski definition) is 1. The van der Waals surface area contributed by atoms with Crippen molar-refractivity contribution in [3.8, 4) is 17.6 Å². The molecule has 0 radical (unpaired) electrons. The molecular formula is C31H27ClN2O3. The highest BCUT2D eigenvalue weighted by atomic mass is 35.5. The van der Waals surface area contributed by atoms with Crippen molar-refractivity contribution in [1.82, 2.24) is 0 Å². The van der Waals surface area contributed by atoms with Crippen LogP contribution in [0.1, 0.15) is 29.2 Å². The van der Waals surface area contributed by atoms with Gasteiger partial charge >= 0.3 is 0 Å². The molecule has 4 rings (SSSR count). The van der Waals surface area contributed by atoms with Gasteiger partial charge in [0.15, 0.2) is 11.5 Å². The van der Waals surface area contributed by atoms with Crippen LogP contribution in [-0.2, 0) is 11.4 Å². The first-order valence-electron chi connectivity index (χ1n) is 12.0. The summed E-state index contributed by atoms with van der Waals surface area (Å²) in [5, 5.41) is 15.2. The fourth-order valence-electron chi connectivity index (χ4n) is 3.97. The van der Waals surface area contributed by atoms with Gasteiger partial charge in [-0.05, 0) is 78.6 Å². The zero-order valence-electron chi connectivity index (χ0n) is 21.0. The van der Waals surface area contributed by atoms with Crippen molar-refractivity contribution in [3.63, 3.8) is 0 Å². The molecule has 4 aromatic carbocycles. The second-order valence-corrected chi connectivity index (χ2v) is 9.01. The van der Waals surface area contributed by atoms with Gasteiger partial charge < -0.3 is 14.8 Å². The van der Waals surface area contributed by atoms with Crippen LogP contribution in [0.2, 0.25) is 5.02 Å². The Kier molecular flexibility index (Phi) is 8.12. The van der Waals surface area contributed by atoms with E-state index in [0.717, 1.165) is 27.5 Å². The number of amides is 1. The summed E-state index contributed by atoms with van der Waals surface area (Å²) in [4.78, 5) is 12.7. The minimum absolute atomic E-state index is 0.0424. The predicted molar refractivity (Wildman–Crippen MR) is 149 cm³/mol. The zero-order valence-corrected chi connectivity index (χ0v) is 21.7. The highest BCUT2D eigenvalue weighted by Crippen LogP contribution is 2.32. The summed E-state index contributed by atoms with van der Waals surface area (Å²) in [6.07, 6.45) is 1.52. The van der Waals surface area contributed by atoms with Crippen LogP contribution in [0.15, 0.2) is 78.4 Å².